The van der Waals surface area contributed by atoms with Crippen LogP contribution in [0.25, 0.3) is 0 Å². The zero-order chi connectivity index (χ0) is 20.7. The van der Waals surface area contributed by atoms with Gasteiger partial charge in [-0.2, -0.15) is 21.6 Å². The van der Waals surface area contributed by atoms with Crippen LogP contribution in [0, 0.1) is 0 Å². The summed E-state index contributed by atoms with van der Waals surface area (Å²) in [6, 6.07) is -2.72. The molecule has 0 aromatic carbocycles. The average Bonchev–Trinajstić information content (AvgIpc) is 2.57. The summed E-state index contributed by atoms with van der Waals surface area (Å²) in [4.78, 5) is 38.5. The van der Waals surface area contributed by atoms with Gasteiger partial charge in [-0.25, -0.2) is 9.59 Å². The number of hydrogen-bond acceptors (Lipinski definition) is 8. The molecule has 2 aliphatic rings. The number of nitrogens with zero attached hydrogens (tertiary/aromatic N) is 2. The van der Waals surface area contributed by atoms with Crippen molar-refractivity contribution in [1.82, 2.24) is 9.80 Å². The molecule has 0 spiro atoms. The first-order valence-corrected chi connectivity index (χ1v) is 8.70. The Morgan fingerprint density at radius 1 is 1.15 bits per heavy atom. The number of piperazine rings is 1. The van der Waals surface area contributed by atoms with E-state index in [4.69, 9.17) is 0 Å². The van der Waals surface area contributed by atoms with Crippen molar-refractivity contribution in [3.8, 4) is 0 Å². The molecule has 0 radical (unpaired) electrons. The lowest BCUT2D eigenvalue weighted by atomic mass is 9.89. The molecule has 152 valence electrons. The van der Waals surface area contributed by atoms with E-state index < -0.39 is 63.4 Å². The van der Waals surface area contributed by atoms with E-state index in [-0.39, 0.29) is 6.54 Å². The third-order valence-electron chi connectivity index (χ3n) is 4.08. The Kier molecular flexibility index (Phi) is 5.32. The highest BCUT2D eigenvalue weighted by atomic mass is 32.2. The summed E-state index contributed by atoms with van der Waals surface area (Å²) in [5.41, 5.74) is -6.37. The molecular weight excluding hydrogens is 401 g/mol. The second kappa shape index (κ2) is 6.90. The van der Waals surface area contributed by atoms with Gasteiger partial charge in [0.05, 0.1) is 20.3 Å². The van der Waals surface area contributed by atoms with Crippen molar-refractivity contribution in [1.29, 1.82) is 0 Å². The van der Waals surface area contributed by atoms with Crippen molar-refractivity contribution in [3.05, 3.63) is 11.3 Å². The molecule has 2 rings (SSSR count). The number of carbonyl (C=O) groups is 3. The minimum absolute atomic E-state index is 0.312. The van der Waals surface area contributed by atoms with Gasteiger partial charge in [0.2, 0.25) is 5.91 Å². The van der Waals surface area contributed by atoms with E-state index in [0.717, 1.165) is 24.0 Å². The molecular formula is C13H15F3N2O8S. The Hall–Kier alpha value is -2.51. The normalized spacial score (nSPS) is 23.3. The van der Waals surface area contributed by atoms with Gasteiger partial charge in [-0.3, -0.25) is 9.69 Å². The standard InChI is InChI=1S/C13H15F3N2O8S/c1-17-5-7-9(11(20)24-2)8(26-27(22,23)13(14,15)16)4-6(10(17)19)18(7)12(21)25-3/h6-7H,4-5H2,1-3H3. The SMILES string of the molecule is COC(=O)C1=C(OS(=O)(=O)C(F)(F)F)CC2C(=O)N(C)CC1N2C(=O)OC. The third kappa shape index (κ3) is 3.52. The molecule has 2 bridgehead atoms. The maximum absolute atomic E-state index is 12.7. The van der Waals surface area contributed by atoms with Crippen molar-refractivity contribution in [2.75, 3.05) is 27.8 Å². The first-order valence-electron chi connectivity index (χ1n) is 7.29. The van der Waals surface area contributed by atoms with Crippen LogP contribution in [-0.4, -0.2) is 81.6 Å². The lowest BCUT2D eigenvalue weighted by Gasteiger charge is -2.47. The fourth-order valence-corrected chi connectivity index (χ4v) is 3.41. The molecule has 0 saturated carbocycles. The molecule has 1 saturated heterocycles. The number of amides is 2. The van der Waals surface area contributed by atoms with Crippen molar-refractivity contribution >= 4 is 28.1 Å². The molecule has 10 nitrogen and oxygen atoms in total. The van der Waals surface area contributed by atoms with Crippen molar-refractivity contribution in [2.45, 2.75) is 24.0 Å². The number of ether oxygens (including phenoxy) is 2. The van der Waals surface area contributed by atoms with Crippen LogP contribution >= 0.6 is 0 Å². The van der Waals surface area contributed by atoms with Crippen LogP contribution in [0.15, 0.2) is 11.3 Å². The van der Waals surface area contributed by atoms with E-state index in [0.29, 0.717) is 0 Å². The quantitative estimate of drug-likeness (QED) is 0.357. The molecule has 0 aliphatic carbocycles. The molecule has 0 N–H and O–H groups in total. The largest absolute Gasteiger partial charge is 0.534 e. The number of rotatable bonds is 3. The highest BCUT2D eigenvalue weighted by Crippen LogP contribution is 2.38. The summed E-state index contributed by atoms with van der Waals surface area (Å²) in [5, 5.41) is 0. The van der Waals surface area contributed by atoms with Crippen LogP contribution in [0.2, 0.25) is 0 Å². The van der Waals surface area contributed by atoms with Gasteiger partial charge in [-0.15, -0.1) is 0 Å². The van der Waals surface area contributed by atoms with Crippen LogP contribution < -0.4 is 0 Å². The Morgan fingerprint density at radius 3 is 2.22 bits per heavy atom. The Morgan fingerprint density at radius 2 is 1.74 bits per heavy atom. The summed E-state index contributed by atoms with van der Waals surface area (Å²) in [7, 11) is -2.83. The van der Waals surface area contributed by atoms with Gasteiger partial charge in [0, 0.05) is 20.0 Å². The molecule has 0 aromatic heterocycles. The zero-order valence-corrected chi connectivity index (χ0v) is 15.1. The highest BCUT2D eigenvalue weighted by Gasteiger charge is 2.54. The fourth-order valence-electron chi connectivity index (χ4n) is 2.89. The number of halogens is 3. The van der Waals surface area contributed by atoms with Gasteiger partial charge in [0.1, 0.15) is 17.4 Å². The molecule has 0 aromatic rings. The van der Waals surface area contributed by atoms with Crippen LogP contribution in [0.3, 0.4) is 0 Å². The zero-order valence-electron chi connectivity index (χ0n) is 14.3. The van der Waals surface area contributed by atoms with Gasteiger partial charge in [-0.05, 0) is 0 Å². The van der Waals surface area contributed by atoms with Gasteiger partial charge < -0.3 is 18.6 Å². The first-order chi connectivity index (χ1) is 12.4. The number of alkyl halides is 3. The maximum atomic E-state index is 12.7. The second-order valence-corrected chi connectivity index (χ2v) is 7.18. The average molecular weight is 416 g/mol. The summed E-state index contributed by atoms with van der Waals surface area (Å²) in [6.45, 7) is -0.312. The second-order valence-electron chi connectivity index (χ2n) is 5.64. The Bertz CT molecular complexity index is 807. The number of esters is 1. The number of methoxy groups -OCH3 is 2. The Labute approximate surface area is 151 Å². The molecule has 2 unspecified atom stereocenters. The molecule has 1 fully saturated rings. The van der Waals surface area contributed by atoms with Gasteiger partial charge in [-0.1, -0.05) is 0 Å². The lowest BCUT2D eigenvalue weighted by molar-refractivity contribution is -0.146. The third-order valence-corrected chi connectivity index (χ3v) is 5.06. The van der Waals surface area contributed by atoms with E-state index in [1.165, 1.54) is 7.05 Å². The smallest absolute Gasteiger partial charge is 0.466 e. The van der Waals surface area contributed by atoms with E-state index in [1.807, 2.05) is 0 Å². The van der Waals surface area contributed by atoms with Crippen molar-refractivity contribution in [2.24, 2.45) is 0 Å². The fraction of sp³-hybridized carbons (Fsp3) is 0.615. The van der Waals surface area contributed by atoms with Gasteiger partial charge in [0.25, 0.3) is 0 Å². The number of hydrogen-bond donors (Lipinski definition) is 0. The van der Waals surface area contributed by atoms with Crippen molar-refractivity contribution < 1.29 is 49.6 Å². The minimum Gasteiger partial charge on any atom is -0.466 e. The van der Waals surface area contributed by atoms with E-state index >= 15 is 0 Å². The topological polar surface area (TPSA) is 120 Å². The monoisotopic (exact) mass is 416 g/mol. The van der Waals surface area contributed by atoms with E-state index in [9.17, 15) is 36.0 Å². The van der Waals surface area contributed by atoms with Gasteiger partial charge in [0.15, 0.2) is 0 Å². The molecule has 14 heteroatoms. The Balaban J connectivity index is 2.63. The molecule has 2 aliphatic heterocycles. The summed E-state index contributed by atoms with van der Waals surface area (Å²) in [5.74, 6) is -2.80. The summed E-state index contributed by atoms with van der Waals surface area (Å²) in [6.07, 6.45) is -1.81. The summed E-state index contributed by atoms with van der Waals surface area (Å²) >= 11 is 0. The molecule has 2 atom stereocenters. The lowest BCUT2D eigenvalue weighted by Crippen LogP contribution is -2.66. The molecule has 2 amide bonds. The predicted molar refractivity (Wildman–Crippen MR) is 79.2 cm³/mol. The summed E-state index contributed by atoms with van der Waals surface area (Å²) < 4.78 is 74.0. The molecule has 2 heterocycles. The van der Waals surface area contributed by atoms with E-state index in [2.05, 4.69) is 13.7 Å². The maximum Gasteiger partial charge on any atom is 0.534 e. The van der Waals surface area contributed by atoms with Gasteiger partial charge >= 0.3 is 27.7 Å². The first kappa shape index (κ1) is 20.8. The van der Waals surface area contributed by atoms with Crippen LogP contribution in [0.4, 0.5) is 18.0 Å². The predicted octanol–water partition coefficient (Wildman–Crippen LogP) is -0.0390. The van der Waals surface area contributed by atoms with Crippen LogP contribution in [-0.2, 0) is 33.4 Å². The number of likely N-dealkylation sites (N-methyl/N-ethyl adjacent to an activating group) is 1. The highest BCUT2D eigenvalue weighted by molar-refractivity contribution is 7.87. The van der Waals surface area contributed by atoms with Crippen LogP contribution in [0.1, 0.15) is 6.42 Å². The minimum atomic E-state index is -6.10. The number of carbonyl (C=O) groups excluding carboxylic acids is 3. The van der Waals surface area contributed by atoms with E-state index in [1.54, 1.807) is 0 Å². The number of fused-ring (bicyclic) bond motifs is 2. The van der Waals surface area contributed by atoms with Crippen LogP contribution in [0.5, 0.6) is 0 Å². The molecule has 27 heavy (non-hydrogen) atoms. The van der Waals surface area contributed by atoms with Crippen molar-refractivity contribution in [3.63, 3.8) is 0 Å².